The van der Waals surface area contributed by atoms with Crippen molar-refractivity contribution in [2.24, 2.45) is 0 Å². The highest BCUT2D eigenvalue weighted by Crippen LogP contribution is 2.13. The predicted molar refractivity (Wildman–Crippen MR) is 68.8 cm³/mol. The highest BCUT2D eigenvalue weighted by molar-refractivity contribution is 5.84. The first kappa shape index (κ1) is 13.1. The van der Waals surface area contributed by atoms with Crippen molar-refractivity contribution < 1.29 is 9.53 Å². The van der Waals surface area contributed by atoms with Crippen LogP contribution in [0.4, 0.5) is 10.5 Å². The Morgan fingerprint density at radius 3 is 2.76 bits per heavy atom. The third-order valence-corrected chi connectivity index (χ3v) is 1.88. The molecule has 0 heterocycles. The first-order valence-corrected chi connectivity index (χ1v) is 5.43. The molecule has 0 saturated heterocycles. The number of terminal acetylenes is 1. The molecule has 3 nitrogen and oxygen atoms in total. The molecule has 0 aliphatic heterocycles. The van der Waals surface area contributed by atoms with Gasteiger partial charge in [-0.3, -0.25) is 5.32 Å². The Morgan fingerprint density at radius 1 is 1.47 bits per heavy atom. The minimum absolute atomic E-state index is 0.463. The number of hydrogen-bond donors (Lipinski definition) is 1. The Hall–Kier alpha value is -1.95. The lowest BCUT2D eigenvalue weighted by atomic mass is 10.1. The van der Waals surface area contributed by atoms with Gasteiger partial charge in [-0.1, -0.05) is 12.1 Å². The number of rotatable bonds is 2. The van der Waals surface area contributed by atoms with Crippen molar-refractivity contribution in [1.29, 1.82) is 0 Å². The Kier molecular flexibility index (Phi) is 4.17. The maximum Gasteiger partial charge on any atom is 0.412 e. The van der Waals surface area contributed by atoms with Gasteiger partial charge in [0.1, 0.15) is 5.60 Å². The standard InChI is InChI=1S/C14H17NO2/c1-5-7-11-8-6-9-12(10-11)15-13(16)17-14(2,3)4/h1,6,8-10H,7H2,2-4H3,(H,15,16). The number of ether oxygens (including phenoxy) is 1. The monoisotopic (exact) mass is 231 g/mol. The quantitative estimate of drug-likeness (QED) is 0.794. The summed E-state index contributed by atoms with van der Waals surface area (Å²) in [5.41, 5.74) is 1.17. The second kappa shape index (κ2) is 5.40. The van der Waals surface area contributed by atoms with Crippen molar-refractivity contribution in [3.8, 4) is 12.3 Å². The number of nitrogens with one attached hydrogen (secondary N) is 1. The summed E-state index contributed by atoms with van der Waals surface area (Å²) >= 11 is 0. The van der Waals surface area contributed by atoms with Crippen LogP contribution < -0.4 is 5.32 Å². The Morgan fingerprint density at radius 2 is 2.18 bits per heavy atom. The zero-order valence-electron chi connectivity index (χ0n) is 10.4. The van der Waals surface area contributed by atoms with Crippen LogP contribution >= 0.6 is 0 Å². The highest BCUT2D eigenvalue weighted by atomic mass is 16.6. The van der Waals surface area contributed by atoms with Crippen molar-refractivity contribution in [3.05, 3.63) is 29.8 Å². The van der Waals surface area contributed by atoms with Gasteiger partial charge in [0.25, 0.3) is 0 Å². The van der Waals surface area contributed by atoms with Gasteiger partial charge >= 0.3 is 6.09 Å². The molecule has 0 saturated carbocycles. The van der Waals surface area contributed by atoms with Crippen LogP contribution in [0, 0.1) is 12.3 Å². The maximum atomic E-state index is 11.5. The lowest BCUT2D eigenvalue weighted by Crippen LogP contribution is -2.27. The highest BCUT2D eigenvalue weighted by Gasteiger charge is 2.16. The summed E-state index contributed by atoms with van der Waals surface area (Å²) in [5, 5.41) is 2.67. The molecule has 0 aliphatic carbocycles. The summed E-state index contributed by atoms with van der Waals surface area (Å²) in [7, 11) is 0. The first-order chi connectivity index (χ1) is 7.90. The third kappa shape index (κ3) is 5.07. The fourth-order valence-corrected chi connectivity index (χ4v) is 1.30. The average Bonchev–Trinajstić information content (AvgIpc) is 2.15. The normalized spacial score (nSPS) is 10.5. The van der Waals surface area contributed by atoms with Gasteiger partial charge in [0, 0.05) is 12.1 Å². The molecule has 3 heteroatoms. The predicted octanol–water partition coefficient (Wildman–Crippen LogP) is 3.21. The Bertz CT molecular complexity index is 438. The van der Waals surface area contributed by atoms with Crippen LogP contribution in [-0.4, -0.2) is 11.7 Å². The van der Waals surface area contributed by atoms with E-state index in [1.54, 1.807) is 6.07 Å². The minimum atomic E-state index is -0.499. The first-order valence-electron chi connectivity index (χ1n) is 5.43. The van der Waals surface area contributed by atoms with Crippen LogP contribution in [0.15, 0.2) is 24.3 Å². The van der Waals surface area contributed by atoms with Crippen LogP contribution in [-0.2, 0) is 11.2 Å². The molecule has 1 rings (SSSR count). The van der Waals surface area contributed by atoms with Crippen molar-refractivity contribution in [1.82, 2.24) is 0 Å². The molecular formula is C14H17NO2. The summed E-state index contributed by atoms with van der Waals surface area (Å²) in [6, 6.07) is 7.40. The number of carbonyl (C=O) groups is 1. The van der Waals surface area contributed by atoms with E-state index in [1.165, 1.54) is 0 Å². The van der Waals surface area contributed by atoms with Gasteiger partial charge in [-0.15, -0.1) is 12.3 Å². The molecule has 0 fully saturated rings. The smallest absolute Gasteiger partial charge is 0.412 e. The van der Waals surface area contributed by atoms with E-state index in [-0.39, 0.29) is 0 Å². The van der Waals surface area contributed by atoms with Gasteiger partial charge in [0.05, 0.1) is 0 Å². The lowest BCUT2D eigenvalue weighted by Gasteiger charge is -2.19. The van der Waals surface area contributed by atoms with E-state index in [1.807, 2.05) is 39.0 Å². The second-order valence-electron chi connectivity index (χ2n) is 4.71. The third-order valence-electron chi connectivity index (χ3n) is 1.88. The molecule has 0 aromatic heterocycles. The summed E-state index contributed by atoms with van der Waals surface area (Å²) in [6.07, 6.45) is 5.32. The number of anilines is 1. The molecule has 1 N–H and O–H groups in total. The van der Waals surface area contributed by atoms with Crippen molar-refractivity contribution >= 4 is 11.8 Å². The number of benzene rings is 1. The Labute approximate surface area is 102 Å². The number of hydrogen-bond acceptors (Lipinski definition) is 2. The molecule has 1 amide bonds. The zero-order valence-corrected chi connectivity index (χ0v) is 10.4. The van der Waals surface area contributed by atoms with Gasteiger partial charge in [-0.05, 0) is 38.5 Å². The second-order valence-corrected chi connectivity index (χ2v) is 4.71. The van der Waals surface area contributed by atoms with Crippen LogP contribution in [0.25, 0.3) is 0 Å². The van der Waals surface area contributed by atoms with Gasteiger partial charge in [-0.25, -0.2) is 4.79 Å². The number of carbonyl (C=O) groups excluding carboxylic acids is 1. The summed E-state index contributed by atoms with van der Waals surface area (Å²) in [6.45, 7) is 5.46. The van der Waals surface area contributed by atoms with E-state index in [0.29, 0.717) is 12.1 Å². The van der Waals surface area contributed by atoms with Crippen molar-refractivity contribution in [3.63, 3.8) is 0 Å². The topological polar surface area (TPSA) is 38.3 Å². The molecular weight excluding hydrogens is 214 g/mol. The molecule has 0 bridgehead atoms. The van der Waals surface area contributed by atoms with Crippen molar-refractivity contribution in [2.75, 3.05) is 5.32 Å². The molecule has 0 unspecified atom stereocenters. The van der Waals surface area contributed by atoms with Crippen LogP contribution in [0.3, 0.4) is 0 Å². The Balaban J connectivity index is 2.66. The van der Waals surface area contributed by atoms with E-state index >= 15 is 0 Å². The molecule has 90 valence electrons. The molecule has 0 spiro atoms. The van der Waals surface area contributed by atoms with Gasteiger partial charge in [0.15, 0.2) is 0 Å². The van der Waals surface area contributed by atoms with E-state index in [0.717, 1.165) is 5.56 Å². The summed E-state index contributed by atoms with van der Waals surface area (Å²) in [4.78, 5) is 11.5. The fraction of sp³-hybridized carbons (Fsp3) is 0.357. The summed E-state index contributed by atoms with van der Waals surface area (Å²) < 4.78 is 5.15. The van der Waals surface area contributed by atoms with E-state index in [9.17, 15) is 4.79 Å². The summed E-state index contributed by atoms with van der Waals surface area (Å²) in [5.74, 6) is 2.56. The largest absolute Gasteiger partial charge is 0.444 e. The molecule has 1 aromatic carbocycles. The van der Waals surface area contributed by atoms with Crippen LogP contribution in [0.1, 0.15) is 26.3 Å². The van der Waals surface area contributed by atoms with E-state index in [4.69, 9.17) is 11.2 Å². The van der Waals surface area contributed by atoms with Crippen LogP contribution in [0.5, 0.6) is 0 Å². The molecule has 0 radical (unpaired) electrons. The molecule has 1 aromatic rings. The van der Waals surface area contributed by atoms with E-state index in [2.05, 4.69) is 11.2 Å². The van der Waals surface area contributed by atoms with Gasteiger partial charge < -0.3 is 4.74 Å². The maximum absolute atomic E-state index is 11.5. The van der Waals surface area contributed by atoms with Crippen LogP contribution in [0.2, 0.25) is 0 Å². The van der Waals surface area contributed by atoms with Gasteiger partial charge in [-0.2, -0.15) is 0 Å². The fourth-order valence-electron chi connectivity index (χ4n) is 1.30. The zero-order chi connectivity index (χ0) is 12.9. The lowest BCUT2D eigenvalue weighted by molar-refractivity contribution is 0.0636. The average molecular weight is 231 g/mol. The molecule has 0 atom stereocenters. The molecule has 17 heavy (non-hydrogen) atoms. The van der Waals surface area contributed by atoms with Crippen molar-refractivity contribution in [2.45, 2.75) is 32.8 Å². The van der Waals surface area contributed by atoms with Gasteiger partial charge in [0.2, 0.25) is 0 Å². The van der Waals surface area contributed by atoms with E-state index < -0.39 is 11.7 Å². The SMILES string of the molecule is C#CCc1cccc(NC(=O)OC(C)(C)C)c1. The number of amides is 1. The molecule has 0 aliphatic rings. The minimum Gasteiger partial charge on any atom is -0.444 e.